The van der Waals surface area contributed by atoms with Crippen LogP contribution < -0.4 is 10.1 Å². The smallest absolute Gasteiger partial charge is 0.119 e. The summed E-state index contributed by atoms with van der Waals surface area (Å²) in [5.41, 5.74) is 2.72. The minimum absolute atomic E-state index is 0.575. The first-order valence-electron chi connectivity index (χ1n) is 7.51. The highest BCUT2D eigenvalue weighted by Gasteiger charge is 2.05. The van der Waals surface area contributed by atoms with Gasteiger partial charge < -0.3 is 10.1 Å². The summed E-state index contributed by atoms with van der Waals surface area (Å²) in [5.74, 6) is 1.55. The van der Waals surface area contributed by atoms with E-state index in [2.05, 4.69) is 58.1 Å². The van der Waals surface area contributed by atoms with Gasteiger partial charge in [0.25, 0.3) is 0 Å². The number of hydrogen-bond donors (Lipinski definition) is 1. The average Bonchev–Trinajstić information content (AvgIpc) is 2.34. The second kappa shape index (κ2) is 8.21. The van der Waals surface area contributed by atoms with Crippen molar-refractivity contribution in [1.29, 1.82) is 0 Å². The maximum atomic E-state index is 5.79. The van der Waals surface area contributed by atoms with Gasteiger partial charge in [0.2, 0.25) is 0 Å². The molecular weight excluding hydrogens is 234 g/mol. The van der Waals surface area contributed by atoms with Crippen molar-refractivity contribution in [3.8, 4) is 5.75 Å². The lowest BCUT2D eigenvalue weighted by Gasteiger charge is -2.14. The van der Waals surface area contributed by atoms with Crippen molar-refractivity contribution in [2.45, 2.75) is 59.4 Å². The Kier molecular flexibility index (Phi) is 6.93. The van der Waals surface area contributed by atoms with Crippen molar-refractivity contribution >= 4 is 0 Å². The van der Waals surface area contributed by atoms with Crippen LogP contribution in [0.25, 0.3) is 0 Å². The summed E-state index contributed by atoms with van der Waals surface area (Å²) < 4.78 is 5.79. The van der Waals surface area contributed by atoms with Crippen LogP contribution in [0.1, 0.15) is 57.6 Å². The SMILES string of the molecule is CCCC(C)NCCOc1ccc(C(C)C)c(C)c1. The monoisotopic (exact) mass is 263 g/mol. The molecule has 1 aromatic rings. The van der Waals surface area contributed by atoms with Crippen molar-refractivity contribution in [1.82, 2.24) is 5.32 Å². The zero-order valence-electron chi connectivity index (χ0n) is 13.1. The number of hydrogen-bond acceptors (Lipinski definition) is 2. The molecule has 0 radical (unpaired) electrons. The number of ether oxygens (including phenoxy) is 1. The Morgan fingerprint density at radius 3 is 2.53 bits per heavy atom. The first kappa shape index (κ1) is 16.0. The van der Waals surface area contributed by atoms with Crippen molar-refractivity contribution in [2.75, 3.05) is 13.2 Å². The van der Waals surface area contributed by atoms with E-state index in [1.807, 2.05) is 0 Å². The highest BCUT2D eigenvalue weighted by atomic mass is 16.5. The van der Waals surface area contributed by atoms with E-state index in [4.69, 9.17) is 4.74 Å². The summed E-state index contributed by atoms with van der Waals surface area (Å²) in [4.78, 5) is 0. The molecule has 1 rings (SSSR count). The molecular formula is C17H29NO. The Balaban J connectivity index is 2.36. The average molecular weight is 263 g/mol. The van der Waals surface area contributed by atoms with Gasteiger partial charge in [0, 0.05) is 12.6 Å². The van der Waals surface area contributed by atoms with Crippen LogP contribution in [-0.4, -0.2) is 19.2 Å². The summed E-state index contributed by atoms with van der Waals surface area (Å²) in [6, 6.07) is 6.99. The molecule has 0 spiro atoms. The van der Waals surface area contributed by atoms with Crippen LogP contribution in [-0.2, 0) is 0 Å². The zero-order valence-corrected chi connectivity index (χ0v) is 13.1. The van der Waals surface area contributed by atoms with E-state index in [9.17, 15) is 0 Å². The molecule has 2 heteroatoms. The fourth-order valence-corrected chi connectivity index (χ4v) is 2.40. The van der Waals surface area contributed by atoms with Gasteiger partial charge in [-0.3, -0.25) is 0 Å². The van der Waals surface area contributed by atoms with Crippen molar-refractivity contribution in [2.24, 2.45) is 0 Å². The summed E-state index contributed by atoms with van der Waals surface area (Å²) in [6.07, 6.45) is 2.45. The molecule has 0 saturated carbocycles. The molecule has 0 aliphatic rings. The van der Waals surface area contributed by atoms with Gasteiger partial charge in [-0.25, -0.2) is 0 Å². The van der Waals surface area contributed by atoms with Crippen molar-refractivity contribution in [3.05, 3.63) is 29.3 Å². The van der Waals surface area contributed by atoms with Crippen LogP contribution in [0.3, 0.4) is 0 Å². The second-order valence-corrected chi connectivity index (χ2v) is 5.67. The second-order valence-electron chi connectivity index (χ2n) is 5.67. The quantitative estimate of drug-likeness (QED) is 0.707. The van der Waals surface area contributed by atoms with Gasteiger partial charge in [0.05, 0.1) is 0 Å². The van der Waals surface area contributed by atoms with E-state index in [-0.39, 0.29) is 0 Å². The Bertz CT molecular complexity index is 374. The first-order chi connectivity index (χ1) is 9.04. The summed E-state index contributed by atoms with van der Waals surface area (Å²) >= 11 is 0. The van der Waals surface area contributed by atoms with E-state index < -0.39 is 0 Å². The van der Waals surface area contributed by atoms with Crippen molar-refractivity contribution < 1.29 is 4.74 Å². The van der Waals surface area contributed by atoms with Crippen LogP contribution in [0.5, 0.6) is 5.75 Å². The van der Waals surface area contributed by atoms with Gasteiger partial charge in [-0.1, -0.05) is 33.3 Å². The minimum Gasteiger partial charge on any atom is -0.492 e. The molecule has 0 fully saturated rings. The van der Waals surface area contributed by atoms with Gasteiger partial charge in [0.1, 0.15) is 12.4 Å². The molecule has 0 aliphatic heterocycles. The van der Waals surface area contributed by atoms with Crippen LogP contribution in [0.2, 0.25) is 0 Å². The molecule has 1 aromatic carbocycles. The number of benzene rings is 1. The van der Waals surface area contributed by atoms with Crippen LogP contribution in [0.15, 0.2) is 18.2 Å². The zero-order chi connectivity index (χ0) is 14.3. The Morgan fingerprint density at radius 2 is 1.95 bits per heavy atom. The molecule has 2 nitrogen and oxygen atoms in total. The first-order valence-corrected chi connectivity index (χ1v) is 7.51. The Labute approximate surface area is 118 Å². The molecule has 108 valence electrons. The van der Waals surface area contributed by atoms with E-state index >= 15 is 0 Å². The van der Waals surface area contributed by atoms with Gasteiger partial charge >= 0.3 is 0 Å². The third-order valence-electron chi connectivity index (χ3n) is 3.45. The Hall–Kier alpha value is -1.02. The van der Waals surface area contributed by atoms with Gasteiger partial charge in [-0.2, -0.15) is 0 Å². The minimum atomic E-state index is 0.575. The molecule has 0 bridgehead atoms. The molecule has 0 aliphatic carbocycles. The van der Waals surface area contributed by atoms with Gasteiger partial charge in [0.15, 0.2) is 0 Å². The third kappa shape index (κ3) is 5.65. The lowest BCUT2D eigenvalue weighted by molar-refractivity contribution is 0.304. The van der Waals surface area contributed by atoms with E-state index in [0.717, 1.165) is 18.9 Å². The van der Waals surface area contributed by atoms with E-state index in [0.29, 0.717) is 12.0 Å². The highest BCUT2D eigenvalue weighted by molar-refractivity contribution is 5.36. The number of aryl methyl sites for hydroxylation is 1. The molecule has 1 N–H and O–H groups in total. The molecule has 1 unspecified atom stereocenters. The maximum Gasteiger partial charge on any atom is 0.119 e. The van der Waals surface area contributed by atoms with Crippen molar-refractivity contribution in [3.63, 3.8) is 0 Å². The number of nitrogens with one attached hydrogen (secondary N) is 1. The maximum absolute atomic E-state index is 5.79. The predicted octanol–water partition coefficient (Wildman–Crippen LogP) is 4.28. The van der Waals surface area contributed by atoms with E-state index in [1.165, 1.54) is 24.0 Å². The van der Waals surface area contributed by atoms with Gasteiger partial charge in [-0.05, 0) is 49.4 Å². The fourth-order valence-electron chi connectivity index (χ4n) is 2.40. The summed E-state index contributed by atoms with van der Waals surface area (Å²) in [6.45, 7) is 12.7. The molecule has 1 atom stereocenters. The van der Waals surface area contributed by atoms with Crippen LogP contribution in [0, 0.1) is 6.92 Å². The molecule has 0 aromatic heterocycles. The summed E-state index contributed by atoms with van der Waals surface area (Å²) in [7, 11) is 0. The lowest BCUT2D eigenvalue weighted by atomic mass is 9.98. The number of rotatable bonds is 8. The molecule has 0 amide bonds. The molecule has 0 heterocycles. The summed E-state index contributed by atoms with van der Waals surface area (Å²) in [5, 5.41) is 3.47. The van der Waals surface area contributed by atoms with Gasteiger partial charge in [-0.15, -0.1) is 0 Å². The predicted molar refractivity (Wildman–Crippen MR) is 83.1 cm³/mol. The van der Waals surface area contributed by atoms with E-state index in [1.54, 1.807) is 0 Å². The van der Waals surface area contributed by atoms with Crippen LogP contribution >= 0.6 is 0 Å². The third-order valence-corrected chi connectivity index (χ3v) is 3.45. The Morgan fingerprint density at radius 1 is 1.21 bits per heavy atom. The highest BCUT2D eigenvalue weighted by Crippen LogP contribution is 2.23. The normalized spacial score (nSPS) is 12.7. The molecule has 19 heavy (non-hydrogen) atoms. The topological polar surface area (TPSA) is 21.3 Å². The molecule has 0 saturated heterocycles. The largest absolute Gasteiger partial charge is 0.492 e. The standard InChI is InChI=1S/C17H29NO/c1-6-7-15(5)18-10-11-19-16-8-9-17(13(2)3)14(4)12-16/h8-9,12-13,15,18H,6-7,10-11H2,1-5H3. The lowest BCUT2D eigenvalue weighted by Crippen LogP contribution is -2.29. The fraction of sp³-hybridized carbons (Fsp3) is 0.647. The van der Waals surface area contributed by atoms with Crippen LogP contribution in [0.4, 0.5) is 0 Å².